The Labute approximate surface area is 164 Å². The second-order valence-corrected chi connectivity index (χ2v) is 7.04. The average Bonchev–Trinajstić information content (AvgIpc) is 3.41. The van der Waals surface area contributed by atoms with Crippen LogP contribution in [0, 0.1) is 0 Å². The monoisotopic (exact) mass is 383 g/mol. The number of rotatable bonds is 5. The molecule has 2 aliphatic rings. The summed E-state index contributed by atoms with van der Waals surface area (Å²) >= 11 is 0. The highest BCUT2D eigenvalue weighted by Gasteiger charge is 2.28. The van der Waals surface area contributed by atoms with Gasteiger partial charge in [-0.25, -0.2) is 14.8 Å². The molecule has 0 aliphatic carbocycles. The Morgan fingerprint density at radius 2 is 1.93 bits per heavy atom. The largest absolute Gasteiger partial charge is 0.497 e. The SMILES string of the molecule is COc1ccc(NC(=O)N2CCC(Oc3cc(N4CCCC4)ncn3)C2)cc1. The van der Waals surface area contributed by atoms with Gasteiger partial charge < -0.3 is 24.6 Å². The molecule has 1 atom stereocenters. The van der Waals surface area contributed by atoms with E-state index < -0.39 is 0 Å². The molecule has 1 unspecified atom stereocenters. The van der Waals surface area contributed by atoms with Crippen LogP contribution >= 0.6 is 0 Å². The Morgan fingerprint density at radius 1 is 1.14 bits per heavy atom. The molecule has 0 spiro atoms. The van der Waals surface area contributed by atoms with Crippen molar-refractivity contribution in [2.75, 3.05) is 43.5 Å². The maximum atomic E-state index is 12.5. The summed E-state index contributed by atoms with van der Waals surface area (Å²) in [7, 11) is 1.61. The molecule has 0 saturated carbocycles. The number of hydrogen-bond acceptors (Lipinski definition) is 6. The van der Waals surface area contributed by atoms with E-state index >= 15 is 0 Å². The molecule has 3 heterocycles. The van der Waals surface area contributed by atoms with Crippen LogP contribution in [0.4, 0.5) is 16.3 Å². The summed E-state index contributed by atoms with van der Waals surface area (Å²) in [6, 6.07) is 9.04. The van der Waals surface area contributed by atoms with Crippen LogP contribution in [-0.2, 0) is 0 Å². The normalized spacial score (nSPS) is 19.0. The highest BCUT2D eigenvalue weighted by atomic mass is 16.5. The van der Waals surface area contributed by atoms with Gasteiger partial charge in [-0.2, -0.15) is 0 Å². The van der Waals surface area contributed by atoms with Gasteiger partial charge in [0.1, 0.15) is 24.0 Å². The molecular weight excluding hydrogens is 358 g/mol. The zero-order valence-corrected chi connectivity index (χ0v) is 16.0. The summed E-state index contributed by atoms with van der Waals surface area (Å²) < 4.78 is 11.2. The van der Waals surface area contributed by atoms with Crippen molar-refractivity contribution in [3.8, 4) is 11.6 Å². The molecule has 2 aliphatic heterocycles. The minimum atomic E-state index is -0.128. The molecule has 1 aromatic carbocycles. The van der Waals surface area contributed by atoms with Gasteiger partial charge in [-0.05, 0) is 37.1 Å². The van der Waals surface area contributed by atoms with Gasteiger partial charge in [0.05, 0.1) is 13.7 Å². The second-order valence-electron chi connectivity index (χ2n) is 7.04. The van der Waals surface area contributed by atoms with Gasteiger partial charge in [0.25, 0.3) is 0 Å². The number of aromatic nitrogens is 2. The summed E-state index contributed by atoms with van der Waals surface area (Å²) in [5.74, 6) is 2.24. The molecule has 28 heavy (non-hydrogen) atoms. The van der Waals surface area contributed by atoms with Gasteiger partial charge in [-0.1, -0.05) is 0 Å². The molecule has 8 heteroatoms. The van der Waals surface area contributed by atoms with Crippen LogP contribution in [0.25, 0.3) is 0 Å². The molecular formula is C20H25N5O3. The zero-order valence-electron chi connectivity index (χ0n) is 16.0. The first-order chi connectivity index (χ1) is 13.7. The Hall–Kier alpha value is -3.03. The highest BCUT2D eigenvalue weighted by Crippen LogP contribution is 2.23. The van der Waals surface area contributed by atoms with E-state index in [1.807, 2.05) is 30.3 Å². The number of hydrogen-bond donors (Lipinski definition) is 1. The fourth-order valence-corrected chi connectivity index (χ4v) is 3.57. The van der Waals surface area contributed by atoms with Crippen molar-refractivity contribution in [1.82, 2.24) is 14.9 Å². The molecule has 1 aromatic heterocycles. The van der Waals surface area contributed by atoms with Crippen LogP contribution in [0.2, 0.25) is 0 Å². The number of carbonyl (C=O) groups is 1. The minimum Gasteiger partial charge on any atom is -0.497 e. The smallest absolute Gasteiger partial charge is 0.321 e. The summed E-state index contributed by atoms with van der Waals surface area (Å²) in [5, 5.41) is 2.91. The maximum Gasteiger partial charge on any atom is 0.321 e. The lowest BCUT2D eigenvalue weighted by atomic mass is 10.3. The average molecular weight is 383 g/mol. The van der Waals surface area contributed by atoms with Crippen molar-refractivity contribution in [3.63, 3.8) is 0 Å². The van der Waals surface area contributed by atoms with E-state index in [1.54, 1.807) is 18.3 Å². The van der Waals surface area contributed by atoms with Gasteiger partial charge in [0.15, 0.2) is 0 Å². The topological polar surface area (TPSA) is 79.8 Å². The van der Waals surface area contributed by atoms with E-state index in [0.29, 0.717) is 19.0 Å². The minimum absolute atomic E-state index is 0.0667. The van der Waals surface area contributed by atoms with Crippen molar-refractivity contribution in [1.29, 1.82) is 0 Å². The predicted molar refractivity (Wildman–Crippen MR) is 106 cm³/mol. The van der Waals surface area contributed by atoms with Gasteiger partial charge in [0.2, 0.25) is 5.88 Å². The van der Waals surface area contributed by atoms with Gasteiger partial charge in [-0.3, -0.25) is 0 Å². The number of nitrogens with one attached hydrogen (secondary N) is 1. The maximum absolute atomic E-state index is 12.5. The molecule has 0 bridgehead atoms. The van der Waals surface area contributed by atoms with E-state index in [0.717, 1.165) is 36.8 Å². The molecule has 148 valence electrons. The van der Waals surface area contributed by atoms with Crippen LogP contribution < -0.4 is 19.7 Å². The van der Waals surface area contributed by atoms with Crippen LogP contribution in [0.5, 0.6) is 11.6 Å². The highest BCUT2D eigenvalue weighted by molar-refractivity contribution is 5.89. The number of amides is 2. The van der Waals surface area contributed by atoms with Crippen LogP contribution in [0.15, 0.2) is 36.7 Å². The molecule has 1 N–H and O–H groups in total. The number of urea groups is 1. The predicted octanol–water partition coefficient (Wildman–Crippen LogP) is 2.77. The Bertz CT molecular complexity index is 808. The summed E-state index contributed by atoms with van der Waals surface area (Å²) in [4.78, 5) is 25.1. The Balaban J connectivity index is 1.31. The third-order valence-electron chi connectivity index (χ3n) is 5.12. The van der Waals surface area contributed by atoms with E-state index in [9.17, 15) is 4.79 Å². The van der Waals surface area contributed by atoms with Crippen molar-refractivity contribution in [3.05, 3.63) is 36.7 Å². The fourth-order valence-electron chi connectivity index (χ4n) is 3.57. The summed E-state index contributed by atoms with van der Waals surface area (Å²) in [6.45, 7) is 3.24. The van der Waals surface area contributed by atoms with E-state index in [2.05, 4.69) is 20.2 Å². The molecule has 2 aromatic rings. The summed E-state index contributed by atoms with van der Waals surface area (Å²) in [6.07, 6.45) is 4.65. The number of methoxy groups -OCH3 is 1. The quantitative estimate of drug-likeness (QED) is 0.855. The standard InChI is InChI=1S/C20H25N5O3/c1-27-16-6-4-15(5-7-16)23-20(26)25-11-8-17(13-25)28-19-12-18(21-14-22-19)24-9-2-3-10-24/h4-7,12,14,17H,2-3,8-11,13H2,1H3,(H,23,26). The second kappa shape index (κ2) is 8.33. The number of carbonyl (C=O) groups excluding carboxylic acids is 1. The van der Waals surface area contributed by atoms with Crippen molar-refractivity contribution in [2.24, 2.45) is 0 Å². The number of nitrogens with zero attached hydrogens (tertiary/aromatic N) is 4. The zero-order chi connectivity index (χ0) is 19.3. The third kappa shape index (κ3) is 4.27. The molecule has 2 saturated heterocycles. The number of ether oxygens (including phenoxy) is 2. The lowest BCUT2D eigenvalue weighted by molar-refractivity contribution is 0.189. The van der Waals surface area contributed by atoms with Crippen molar-refractivity contribution >= 4 is 17.5 Å². The number of likely N-dealkylation sites (tertiary alicyclic amines) is 1. The molecule has 8 nitrogen and oxygen atoms in total. The molecule has 2 amide bonds. The number of benzene rings is 1. The lowest BCUT2D eigenvalue weighted by Crippen LogP contribution is -2.34. The van der Waals surface area contributed by atoms with Crippen LogP contribution in [0.1, 0.15) is 19.3 Å². The van der Waals surface area contributed by atoms with Gasteiger partial charge in [-0.15, -0.1) is 0 Å². The lowest BCUT2D eigenvalue weighted by Gasteiger charge is -2.19. The fraction of sp³-hybridized carbons (Fsp3) is 0.450. The first-order valence-corrected chi connectivity index (χ1v) is 9.65. The molecule has 2 fully saturated rings. The third-order valence-corrected chi connectivity index (χ3v) is 5.12. The van der Waals surface area contributed by atoms with Gasteiger partial charge in [0, 0.05) is 37.8 Å². The van der Waals surface area contributed by atoms with Crippen LogP contribution in [0.3, 0.4) is 0 Å². The molecule has 4 rings (SSSR count). The van der Waals surface area contributed by atoms with E-state index in [-0.39, 0.29) is 12.1 Å². The van der Waals surface area contributed by atoms with E-state index in [4.69, 9.17) is 9.47 Å². The first-order valence-electron chi connectivity index (χ1n) is 9.65. The Kier molecular flexibility index (Phi) is 5.45. The molecule has 0 radical (unpaired) electrons. The van der Waals surface area contributed by atoms with Crippen molar-refractivity contribution < 1.29 is 14.3 Å². The van der Waals surface area contributed by atoms with E-state index in [1.165, 1.54) is 12.8 Å². The summed E-state index contributed by atoms with van der Waals surface area (Å²) in [5.41, 5.74) is 0.737. The number of anilines is 2. The Morgan fingerprint density at radius 3 is 2.68 bits per heavy atom. The van der Waals surface area contributed by atoms with Crippen molar-refractivity contribution in [2.45, 2.75) is 25.4 Å². The van der Waals surface area contributed by atoms with Gasteiger partial charge >= 0.3 is 6.03 Å². The van der Waals surface area contributed by atoms with Crippen LogP contribution in [-0.4, -0.2) is 60.3 Å². The first kappa shape index (κ1) is 18.3.